The van der Waals surface area contributed by atoms with E-state index < -0.39 is 0 Å². The Morgan fingerprint density at radius 3 is 2.95 bits per heavy atom. The van der Waals surface area contributed by atoms with Crippen LogP contribution in [0.4, 0.5) is 0 Å². The minimum Gasteiger partial charge on any atom is -0.468 e. The van der Waals surface area contributed by atoms with Gasteiger partial charge in [-0.1, -0.05) is 0 Å². The van der Waals surface area contributed by atoms with E-state index in [-0.39, 0.29) is 11.7 Å². The van der Waals surface area contributed by atoms with Crippen molar-refractivity contribution in [3.8, 4) is 5.95 Å². The summed E-state index contributed by atoms with van der Waals surface area (Å²) in [5.41, 5.74) is 1.22. The van der Waals surface area contributed by atoms with Crippen molar-refractivity contribution in [1.29, 1.82) is 0 Å². The third-order valence-corrected chi connectivity index (χ3v) is 4.74. The number of hydrogen-bond donors (Lipinski definition) is 0. The summed E-state index contributed by atoms with van der Waals surface area (Å²) < 4.78 is 10.3. The highest BCUT2D eigenvalue weighted by Gasteiger charge is 2.20. The molecule has 0 fully saturated rings. The highest BCUT2D eigenvalue weighted by molar-refractivity contribution is 7.11. The van der Waals surface area contributed by atoms with E-state index >= 15 is 0 Å². The summed E-state index contributed by atoms with van der Waals surface area (Å²) in [4.78, 5) is 19.9. The van der Waals surface area contributed by atoms with E-state index in [1.165, 1.54) is 30.5 Å². The summed E-state index contributed by atoms with van der Waals surface area (Å²) in [6, 6.07) is 3.27. The molecule has 0 saturated carbocycles. The predicted octanol–water partition coefficient (Wildman–Crippen LogP) is 2.90. The number of methoxy groups -OCH3 is 1. The van der Waals surface area contributed by atoms with Gasteiger partial charge in [0, 0.05) is 18.0 Å². The average Bonchev–Trinajstić information content (AvgIpc) is 3.12. The zero-order valence-electron chi connectivity index (χ0n) is 12.2. The molecule has 2 aromatic heterocycles. The Morgan fingerprint density at radius 1 is 1.43 bits per heavy atom. The third kappa shape index (κ3) is 2.95. The lowest BCUT2D eigenvalue weighted by Crippen LogP contribution is -2.25. The Balaban J connectivity index is 1.69. The quantitative estimate of drug-likeness (QED) is 0.871. The van der Waals surface area contributed by atoms with Crippen LogP contribution in [0.15, 0.2) is 16.5 Å². The molecule has 112 valence electrons. The Hall–Kier alpha value is -1.82. The Kier molecular flexibility index (Phi) is 3.96. The van der Waals surface area contributed by atoms with Crippen LogP contribution in [-0.4, -0.2) is 29.9 Å². The van der Waals surface area contributed by atoms with Crippen LogP contribution in [0.5, 0.6) is 5.95 Å². The predicted molar refractivity (Wildman–Crippen MR) is 79.8 cm³/mol. The molecule has 5 nitrogen and oxygen atoms in total. The largest absolute Gasteiger partial charge is 0.468 e. The first-order chi connectivity index (χ1) is 10.2. The Morgan fingerprint density at radius 2 is 2.24 bits per heavy atom. The van der Waals surface area contributed by atoms with E-state index in [4.69, 9.17) is 9.15 Å². The van der Waals surface area contributed by atoms with Crippen LogP contribution in [0.2, 0.25) is 0 Å². The standard InChI is InChI=1S/C15H18N2O3S/c1-17(15(18)11-7-8-14(19-2)20-11)9-13-16-10-5-3-4-6-12(10)21-13/h7-8H,3-6,9H2,1-2H3. The number of carbonyl (C=O) groups is 1. The lowest BCUT2D eigenvalue weighted by atomic mass is 10.0. The van der Waals surface area contributed by atoms with Gasteiger partial charge in [-0.15, -0.1) is 11.3 Å². The molecule has 0 unspecified atom stereocenters. The van der Waals surface area contributed by atoms with E-state index in [1.807, 2.05) is 0 Å². The Labute approximate surface area is 127 Å². The first-order valence-corrected chi connectivity index (χ1v) is 7.86. The second kappa shape index (κ2) is 5.89. The smallest absolute Gasteiger partial charge is 0.289 e. The number of aryl methyl sites for hydroxylation is 2. The number of nitrogens with zero attached hydrogens (tertiary/aromatic N) is 2. The number of aromatic nitrogens is 1. The van der Waals surface area contributed by atoms with Gasteiger partial charge in [-0.3, -0.25) is 4.79 Å². The van der Waals surface area contributed by atoms with E-state index in [0.717, 1.165) is 17.8 Å². The maximum absolute atomic E-state index is 12.3. The second-order valence-corrected chi connectivity index (χ2v) is 6.34. The fraction of sp³-hybridized carbons (Fsp3) is 0.467. The van der Waals surface area contributed by atoms with Crippen molar-refractivity contribution in [3.05, 3.63) is 33.5 Å². The molecule has 3 rings (SSSR count). The van der Waals surface area contributed by atoms with Crippen LogP contribution in [0, 0.1) is 0 Å². The fourth-order valence-electron chi connectivity index (χ4n) is 2.48. The molecule has 1 aliphatic rings. The minimum atomic E-state index is -0.161. The van der Waals surface area contributed by atoms with Gasteiger partial charge in [-0.05, 0) is 31.7 Å². The average molecular weight is 306 g/mol. The van der Waals surface area contributed by atoms with Crippen LogP contribution < -0.4 is 4.74 Å². The lowest BCUT2D eigenvalue weighted by molar-refractivity contribution is 0.0747. The number of thiazole rings is 1. The zero-order chi connectivity index (χ0) is 14.8. The zero-order valence-corrected chi connectivity index (χ0v) is 13.0. The maximum Gasteiger partial charge on any atom is 0.289 e. The van der Waals surface area contributed by atoms with Gasteiger partial charge in [0.25, 0.3) is 11.9 Å². The molecule has 1 aliphatic carbocycles. The summed E-state index contributed by atoms with van der Waals surface area (Å²) in [7, 11) is 3.27. The molecule has 0 saturated heterocycles. The van der Waals surface area contributed by atoms with Gasteiger partial charge < -0.3 is 14.1 Å². The Bertz CT molecular complexity index is 624. The second-order valence-electron chi connectivity index (χ2n) is 5.17. The molecule has 0 aromatic carbocycles. The monoisotopic (exact) mass is 306 g/mol. The van der Waals surface area contributed by atoms with Crippen molar-refractivity contribution in [2.24, 2.45) is 0 Å². The summed E-state index contributed by atoms with van der Waals surface area (Å²) in [6.07, 6.45) is 4.66. The lowest BCUT2D eigenvalue weighted by Gasteiger charge is -2.13. The molecule has 2 aromatic rings. The molecular formula is C15H18N2O3S. The van der Waals surface area contributed by atoms with E-state index in [9.17, 15) is 4.79 Å². The molecule has 21 heavy (non-hydrogen) atoms. The van der Waals surface area contributed by atoms with Crippen LogP contribution in [0.1, 0.15) is 39.0 Å². The molecule has 0 bridgehead atoms. The van der Waals surface area contributed by atoms with Crippen molar-refractivity contribution in [2.45, 2.75) is 32.2 Å². The van der Waals surface area contributed by atoms with Gasteiger partial charge in [0.2, 0.25) is 0 Å². The minimum absolute atomic E-state index is 0.161. The van der Waals surface area contributed by atoms with Gasteiger partial charge in [0.05, 0.1) is 19.3 Å². The molecule has 0 aliphatic heterocycles. The third-order valence-electron chi connectivity index (χ3n) is 3.60. The van der Waals surface area contributed by atoms with E-state index in [1.54, 1.807) is 35.4 Å². The number of rotatable bonds is 4. The maximum atomic E-state index is 12.3. The molecular weight excluding hydrogens is 288 g/mol. The number of amides is 1. The van der Waals surface area contributed by atoms with Crippen molar-refractivity contribution >= 4 is 17.2 Å². The van der Waals surface area contributed by atoms with Gasteiger partial charge in [0.15, 0.2) is 5.76 Å². The number of fused-ring (bicyclic) bond motifs is 1. The van der Waals surface area contributed by atoms with Crippen molar-refractivity contribution in [3.63, 3.8) is 0 Å². The molecule has 1 amide bonds. The van der Waals surface area contributed by atoms with Crippen molar-refractivity contribution in [1.82, 2.24) is 9.88 Å². The topological polar surface area (TPSA) is 55.6 Å². The number of furan rings is 1. The van der Waals surface area contributed by atoms with Gasteiger partial charge >= 0.3 is 0 Å². The summed E-state index contributed by atoms with van der Waals surface area (Å²) in [5, 5.41) is 0.997. The van der Waals surface area contributed by atoms with Crippen LogP contribution in [-0.2, 0) is 19.4 Å². The first kappa shape index (κ1) is 14.1. The van der Waals surface area contributed by atoms with Crippen LogP contribution >= 0.6 is 11.3 Å². The summed E-state index contributed by atoms with van der Waals surface area (Å²) in [6.45, 7) is 0.513. The van der Waals surface area contributed by atoms with Gasteiger partial charge in [-0.25, -0.2) is 4.98 Å². The van der Waals surface area contributed by atoms with Crippen molar-refractivity contribution in [2.75, 3.05) is 14.2 Å². The fourth-order valence-corrected chi connectivity index (χ4v) is 3.69. The highest BCUT2D eigenvalue weighted by atomic mass is 32.1. The van der Waals surface area contributed by atoms with E-state index in [2.05, 4.69) is 4.98 Å². The normalized spacial score (nSPS) is 13.8. The molecule has 2 heterocycles. The molecule has 0 spiro atoms. The van der Waals surface area contributed by atoms with Crippen LogP contribution in [0.25, 0.3) is 0 Å². The van der Waals surface area contributed by atoms with E-state index in [0.29, 0.717) is 12.5 Å². The van der Waals surface area contributed by atoms with Crippen LogP contribution in [0.3, 0.4) is 0 Å². The molecule has 0 atom stereocenters. The number of hydrogen-bond acceptors (Lipinski definition) is 5. The SMILES string of the molecule is COc1ccc(C(=O)N(C)Cc2nc3c(s2)CCCC3)o1. The summed E-state index contributed by atoms with van der Waals surface area (Å²) in [5.74, 6) is 0.471. The van der Waals surface area contributed by atoms with Crippen molar-refractivity contribution < 1.29 is 13.9 Å². The molecule has 0 N–H and O–H groups in total. The highest BCUT2D eigenvalue weighted by Crippen LogP contribution is 2.27. The van der Waals surface area contributed by atoms with Gasteiger partial charge in [-0.2, -0.15) is 0 Å². The number of carbonyl (C=O) groups excluding carboxylic acids is 1. The van der Waals surface area contributed by atoms with Gasteiger partial charge in [0.1, 0.15) is 5.01 Å². The first-order valence-electron chi connectivity index (χ1n) is 7.04. The summed E-state index contributed by atoms with van der Waals surface area (Å²) >= 11 is 1.73. The number of ether oxygens (including phenoxy) is 1. The molecule has 0 radical (unpaired) electrons. The molecule has 6 heteroatoms.